The van der Waals surface area contributed by atoms with Crippen LogP contribution in [0.25, 0.3) is 0 Å². The lowest BCUT2D eigenvalue weighted by atomic mass is 10.1. The maximum Gasteiger partial charge on any atom is 0.341 e. The largest absolute Gasteiger partial charge is 0.493 e. The summed E-state index contributed by atoms with van der Waals surface area (Å²) in [6, 6.07) is 11.6. The Morgan fingerprint density at radius 1 is 0.875 bits per heavy atom. The van der Waals surface area contributed by atoms with Crippen molar-refractivity contribution >= 4 is 11.9 Å². The van der Waals surface area contributed by atoms with E-state index in [0.29, 0.717) is 17.1 Å². The Bertz CT molecular complexity index is 738. The van der Waals surface area contributed by atoms with Gasteiger partial charge in [-0.1, -0.05) is 18.2 Å². The van der Waals surface area contributed by atoms with E-state index in [2.05, 4.69) is 4.74 Å². The first kappa shape index (κ1) is 17.3. The van der Waals surface area contributed by atoms with Crippen molar-refractivity contribution in [1.82, 2.24) is 0 Å². The van der Waals surface area contributed by atoms with Crippen LogP contribution in [0, 0.1) is 0 Å². The van der Waals surface area contributed by atoms with Crippen molar-refractivity contribution in [1.29, 1.82) is 0 Å². The molecule has 0 amide bonds. The van der Waals surface area contributed by atoms with E-state index in [4.69, 9.17) is 14.2 Å². The minimum Gasteiger partial charge on any atom is -0.493 e. The van der Waals surface area contributed by atoms with Crippen LogP contribution in [0.3, 0.4) is 0 Å². The Hall–Kier alpha value is -3.02. The first-order valence-electron chi connectivity index (χ1n) is 7.18. The van der Waals surface area contributed by atoms with E-state index in [-0.39, 0.29) is 17.7 Å². The van der Waals surface area contributed by atoms with E-state index in [9.17, 15) is 9.59 Å². The van der Waals surface area contributed by atoms with Crippen LogP contribution in [0.15, 0.2) is 42.5 Å². The normalized spacial score (nSPS) is 9.96. The molecule has 0 radical (unpaired) electrons. The van der Waals surface area contributed by atoms with Crippen molar-refractivity contribution in [3.05, 3.63) is 53.6 Å². The zero-order chi connectivity index (χ0) is 17.5. The molecule has 0 atom stereocenters. The maximum absolute atomic E-state index is 12.2. The third-order valence-corrected chi connectivity index (χ3v) is 3.31. The van der Waals surface area contributed by atoms with Gasteiger partial charge in [-0.3, -0.25) is 4.79 Å². The predicted molar refractivity (Wildman–Crippen MR) is 86.7 cm³/mol. The van der Waals surface area contributed by atoms with Crippen molar-refractivity contribution in [2.75, 3.05) is 21.3 Å². The Morgan fingerprint density at radius 3 is 2.25 bits per heavy atom. The Balaban J connectivity index is 2.13. The molecule has 0 aliphatic carbocycles. The lowest BCUT2D eigenvalue weighted by molar-refractivity contribution is -0.133. The van der Waals surface area contributed by atoms with Crippen LogP contribution < -0.4 is 14.2 Å². The highest BCUT2D eigenvalue weighted by Crippen LogP contribution is 2.28. The lowest BCUT2D eigenvalue weighted by Gasteiger charge is -2.10. The van der Waals surface area contributed by atoms with E-state index in [1.807, 2.05) is 0 Å². The quantitative estimate of drug-likeness (QED) is 0.599. The fraction of sp³-hybridized carbons (Fsp3) is 0.222. The average Bonchev–Trinajstić information content (AvgIpc) is 2.61. The third kappa shape index (κ3) is 4.04. The number of hydrogen-bond acceptors (Lipinski definition) is 6. The number of rotatable bonds is 6. The van der Waals surface area contributed by atoms with Gasteiger partial charge in [0.1, 0.15) is 11.3 Å². The van der Waals surface area contributed by atoms with Crippen molar-refractivity contribution in [3.8, 4) is 17.2 Å². The van der Waals surface area contributed by atoms with Crippen LogP contribution in [-0.4, -0.2) is 33.3 Å². The predicted octanol–water partition coefficient (Wildman–Crippen LogP) is 2.64. The molecule has 6 nitrogen and oxygen atoms in total. The Kier molecular flexibility index (Phi) is 5.78. The smallest absolute Gasteiger partial charge is 0.341 e. The average molecular weight is 330 g/mol. The summed E-state index contributed by atoms with van der Waals surface area (Å²) in [6.45, 7) is 0. The van der Waals surface area contributed by atoms with Gasteiger partial charge < -0.3 is 18.9 Å². The fourth-order valence-corrected chi connectivity index (χ4v) is 2.15. The van der Waals surface area contributed by atoms with Crippen LogP contribution in [0.2, 0.25) is 0 Å². The molecule has 126 valence electrons. The Labute approximate surface area is 139 Å². The molecule has 0 fully saturated rings. The molecule has 0 heterocycles. The second-order valence-corrected chi connectivity index (χ2v) is 4.83. The minimum absolute atomic E-state index is 0.0237. The van der Waals surface area contributed by atoms with Crippen molar-refractivity contribution < 1.29 is 28.5 Å². The van der Waals surface area contributed by atoms with Crippen LogP contribution in [0.4, 0.5) is 0 Å². The summed E-state index contributed by atoms with van der Waals surface area (Å²) in [5.74, 6) is 0.196. The topological polar surface area (TPSA) is 71.1 Å². The van der Waals surface area contributed by atoms with E-state index in [1.54, 1.807) is 36.4 Å². The number of hydrogen-bond donors (Lipinski definition) is 0. The molecule has 0 unspecified atom stereocenters. The fourth-order valence-electron chi connectivity index (χ4n) is 2.15. The van der Waals surface area contributed by atoms with Gasteiger partial charge in [0.25, 0.3) is 0 Å². The summed E-state index contributed by atoms with van der Waals surface area (Å²) in [5, 5.41) is 0. The Morgan fingerprint density at radius 2 is 1.58 bits per heavy atom. The number of ether oxygens (including phenoxy) is 4. The maximum atomic E-state index is 12.2. The van der Waals surface area contributed by atoms with E-state index in [0.717, 1.165) is 0 Å². The van der Waals surface area contributed by atoms with Gasteiger partial charge in [-0.15, -0.1) is 0 Å². The molecule has 0 spiro atoms. The lowest BCUT2D eigenvalue weighted by Crippen LogP contribution is -2.14. The molecular formula is C18H18O6. The second kappa shape index (κ2) is 8.01. The molecular weight excluding hydrogens is 312 g/mol. The van der Waals surface area contributed by atoms with Crippen LogP contribution >= 0.6 is 0 Å². The molecule has 2 aromatic carbocycles. The standard InChI is InChI=1S/C18H18O6/c1-21-15-9-8-12(10-16(15)22-2)11-17(19)24-14-7-5-4-6-13(14)18(20)23-3/h4-10H,11H2,1-3H3. The number of esters is 2. The summed E-state index contributed by atoms with van der Waals surface area (Å²) >= 11 is 0. The summed E-state index contributed by atoms with van der Waals surface area (Å²) in [4.78, 5) is 23.8. The van der Waals surface area contributed by atoms with Crippen LogP contribution in [0.5, 0.6) is 17.2 Å². The van der Waals surface area contributed by atoms with Gasteiger partial charge in [0, 0.05) is 0 Å². The molecule has 0 bridgehead atoms. The van der Waals surface area contributed by atoms with Crippen molar-refractivity contribution in [3.63, 3.8) is 0 Å². The number of methoxy groups -OCH3 is 3. The summed E-state index contributed by atoms with van der Waals surface area (Å²) in [6.07, 6.45) is 0.0237. The first-order chi connectivity index (χ1) is 11.6. The number of benzene rings is 2. The summed E-state index contributed by atoms with van der Waals surface area (Å²) < 4.78 is 20.3. The third-order valence-electron chi connectivity index (χ3n) is 3.31. The SMILES string of the molecule is COC(=O)c1ccccc1OC(=O)Cc1ccc(OC)c(OC)c1. The van der Waals surface area contributed by atoms with Gasteiger partial charge in [0.15, 0.2) is 11.5 Å². The molecule has 0 saturated heterocycles. The molecule has 2 aromatic rings. The second-order valence-electron chi connectivity index (χ2n) is 4.83. The molecule has 0 aromatic heterocycles. The summed E-state index contributed by atoms with van der Waals surface area (Å²) in [7, 11) is 4.33. The monoisotopic (exact) mass is 330 g/mol. The number of para-hydroxylation sites is 1. The van der Waals surface area contributed by atoms with Crippen LogP contribution in [-0.2, 0) is 16.0 Å². The summed E-state index contributed by atoms with van der Waals surface area (Å²) in [5.41, 5.74) is 0.897. The van der Waals surface area contributed by atoms with Gasteiger partial charge in [0.2, 0.25) is 0 Å². The van der Waals surface area contributed by atoms with Crippen LogP contribution in [0.1, 0.15) is 15.9 Å². The van der Waals surface area contributed by atoms with Crippen molar-refractivity contribution in [2.24, 2.45) is 0 Å². The van der Waals surface area contributed by atoms with E-state index >= 15 is 0 Å². The first-order valence-corrected chi connectivity index (χ1v) is 7.18. The minimum atomic E-state index is -0.565. The molecule has 6 heteroatoms. The molecule has 0 aliphatic rings. The van der Waals surface area contributed by atoms with Gasteiger partial charge in [-0.2, -0.15) is 0 Å². The van der Waals surface area contributed by atoms with Gasteiger partial charge in [0.05, 0.1) is 27.8 Å². The molecule has 0 N–H and O–H groups in total. The van der Waals surface area contributed by atoms with Gasteiger partial charge >= 0.3 is 11.9 Å². The highest BCUT2D eigenvalue weighted by molar-refractivity contribution is 5.93. The highest BCUT2D eigenvalue weighted by atomic mass is 16.5. The van der Waals surface area contributed by atoms with E-state index < -0.39 is 11.9 Å². The molecule has 0 saturated carbocycles. The zero-order valence-electron chi connectivity index (χ0n) is 13.7. The van der Waals surface area contributed by atoms with Crippen molar-refractivity contribution in [2.45, 2.75) is 6.42 Å². The number of carbonyl (C=O) groups excluding carboxylic acids is 2. The highest BCUT2D eigenvalue weighted by Gasteiger charge is 2.16. The van der Waals surface area contributed by atoms with Gasteiger partial charge in [-0.25, -0.2) is 4.79 Å². The molecule has 0 aliphatic heterocycles. The molecule has 2 rings (SSSR count). The molecule has 24 heavy (non-hydrogen) atoms. The van der Waals surface area contributed by atoms with E-state index in [1.165, 1.54) is 27.4 Å². The zero-order valence-corrected chi connectivity index (χ0v) is 13.7. The number of carbonyl (C=O) groups is 2. The van der Waals surface area contributed by atoms with Gasteiger partial charge in [-0.05, 0) is 29.8 Å².